The monoisotopic (exact) mass is 293 g/mol. The van der Waals surface area contributed by atoms with Crippen molar-refractivity contribution in [3.8, 4) is 0 Å². The number of hydrogen-bond donors (Lipinski definition) is 1. The van der Waals surface area contributed by atoms with Crippen molar-refractivity contribution in [2.24, 2.45) is 5.92 Å². The van der Waals surface area contributed by atoms with Gasteiger partial charge < -0.3 is 10.2 Å². The van der Waals surface area contributed by atoms with Crippen molar-refractivity contribution >= 4 is 11.8 Å². The zero-order valence-electron chi connectivity index (χ0n) is 13.0. The maximum absolute atomic E-state index is 12.7. The van der Waals surface area contributed by atoms with Crippen molar-refractivity contribution in [2.75, 3.05) is 0 Å². The van der Waals surface area contributed by atoms with Crippen LogP contribution in [0.15, 0.2) is 6.33 Å². The van der Waals surface area contributed by atoms with E-state index >= 15 is 0 Å². The Morgan fingerprint density at radius 3 is 2.62 bits per heavy atom. The van der Waals surface area contributed by atoms with E-state index < -0.39 is 12.1 Å². The van der Waals surface area contributed by atoms with Gasteiger partial charge in [0.05, 0.1) is 6.54 Å². The van der Waals surface area contributed by atoms with E-state index in [-0.39, 0.29) is 17.7 Å². The predicted molar refractivity (Wildman–Crippen MR) is 77.1 cm³/mol. The van der Waals surface area contributed by atoms with Gasteiger partial charge in [-0.05, 0) is 19.3 Å². The van der Waals surface area contributed by atoms with Crippen LogP contribution >= 0.6 is 0 Å². The van der Waals surface area contributed by atoms with E-state index in [1.165, 1.54) is 6.33 Å². The molecule has 1 aliphatic rings. The van der Waals surface area contributed by atoms with Crippen molar-refractivity contribution in [1.29, 1.82) is 0 Å². The Morgan fingerprint density at radius 1 is 1.33 bits per heavy atom. The molecule has 0 radical (unpaired) electrons. The van der Waals surface area contributed by atoms with Crippen molar-refractivity contribution in [2.45, 2.75) is 59.3 Å². The molecule has 0 bridgehead atoms. The lowest BCUT2D eigenvalue weighted by Crippen LogP contribution is -2.64. The van der Waals surface area contributed by atoms with Crippen molar-refractivity contribution < 1.29 is 9.59 Å². The number of hydrogen-bond acceptors (Lipinski definition) is 4. The number of nitrogens with zero attached hydrogens (tertiary/aromatic N) is 4. The highest BCUT2D eigenvalue weighted by Crippen LogP contribution is 2.19. The molecule has 116 valence electrons. The summed E-state index contributed by atoms with van der Waals surface area (Å²) < 4.78 is 1.75. The summed E-state index contributed by atoms with van der Waals surface area (Å²) in [7, 11) is 0. The summed E-state index contributed by atoms with van der Waals surface area (Å²) in [6.45, 7) is 8.75. The molecule has 1 saturated heterocycles. The maximum atomic E-state index is 12.7. The minimum Gasteiger partial charge on any atom is -0.342 e. The van der Waals surface area contributed by atoms with Gasteiger partial charge in [-0.15, -0.1) is 0 Å². The molecule has 2 unspecified atom stereocenters. The number of amides is 2. The average Bonchev–Trinajstić information content (AvgIpc) is 2.89. The Kier molecular flexibility index (Phi) is 4.59. The summed E-state index contributed by atoms with van der Waals surface area (Å²) in [5, 5.41) is 6.95. The molecular weight excluding hydrogens is 270 g/mol. The second-order valence-corrected chi connectivity index (χ2v) is 5.61. The quantitative estimate of drug-likeness (QED) is 0.860. The Hall–Kier alpha value is -1.92. The van der Waals surface area contributed by atoms with Gasteiger partial charge in [-0.1, -0.05) is 20.8 Å². The molecule has 1 N–H and O–H groups in total. The van der Waals surface area contributed by atoms with Gasteiger partial charge in [0.25, 0.3) is 0 Å². The Bertz CT molecular complexity index is 525. The summed E-state index contributed by atoms with van der Waals surface area (Å²) in [6, 6.07) is -0.896. The van der Waals surface area contributed by atoms with Crippen LogP contribution in [0.3, 0.4) is 0 Å². The van der Waals surface area contributed by atoms with E-state index in [0.29, 0.717) is 25.3 Å². The maximum Gasteiger partial charge on any atom is 0.246 e. The summed E-state index contributed by atoms with van der Waals surface area (Å²) in [5.74, 6) is 0.646. The largest absolute Gasteiger partial charge is 0.342 e. The zero-order valence-corrected chi connectivity index (χ0v) is 13.0. The first-order chi connectivity index (χ1) is 9.99. The minimum atomic E-state index is -0.460. The third-order valence-corrected chi connectivity index (χ3v) is 3.89. The fourth-order valence-electron chi connectivity index (χ4n) is 2.66. The van der Waals surface area contributed by atoms with Crippen LogP contribution in [0.2, 0.25) is 0 Å². The third kappa shape index (κ3) is 2.91. The van der Waals surface area contributed by atoms with Crippen LogP contribution in [-0.4, -0.2) is 43.6 Å². The highest BCUT2D eigenvalue weighted by atomic mass is 16.2. The fourth-order valence-corrected chi connectivity index (χ4v) is 2.66. The highest BCUT2D eigenvalue weighted by Gasteiger charge is 2.41. The van der Waals surface area contributed by atoms with Gasteiger partial charge >= 0.3 is 0 Å². The molecule has 0 aliphatic carbocycles. The summed E-state index contributed by atoms with van der Waals surface area (Å²) in [4.78, 5) is 30.7. The average molecular weight is 293 g/mol. The van der Waals surface area contributed by atoms with E-state index in [0.717, 1.165) is 0 Å². The molecule has 7 nitrogen and oxygen atoms in total. The lowest BCUT2D eigenvalue weighted by molar-refractivity contribution is -0.151. The molecule has 2 amide bonds. The number of piperazine rings is 1. The van der Waals surface area contributed by atoms with Crippen LogP contribution in [0.4, 0.5) is 0 Å². The van der Waals surface area contributed by atoms with E-state index in [1.54, 1.807) is 9.58 Å². The lowest BCUT2D eigenvalue weighted by Gasteiger charge is -2.39. The summed E-state index contributed by atoms with van der Waals surface area (Å²) in [5.41, 5.74) is 0. The van der Waals surface area contributed by atoms with Gasteiger partial charge in [-0.25, -0.2) is 9.67 Å². The van der Waals surface area contributed by atoms with E-state index in [4.69, 9.17) is 0 Å². The smallest absolute Gasteiger partial charge is 0.246 e. The molecule has 2 heterocycles. The second-order valence-electron chi connectivity index (χ2n) is 5.61. The topological polar surface area (TPSA) is 80.1 Å². The molecule has 0 aromatic carbocycles. The first-order valence-corrected chi connectivity index (χ1v) is 7.47. The van der Waals surface area contributed by atoms with Crippen LogP contribution in [0.25, 0.3) is 0 Å². The molecule has 1 aromatic heterocycles. The van der Waals surface area contributed by atoms with Crippen LogP contribution in [0.1, 0.15) is 39.9 Å². The summed E-state index contributed by atoms with van der Waals surface area (Å²) in [6.07, 6.45) is 2.07. The zero-order chi connectivity index (χ0) is 15.6. The standard InChI is InChI=1S/C14H23N5O2/c1-5-10-13(20)17-12(9(3)4)14(21)18(10)7-11-15-8-16-19(11)6-2/h8-10,12H,5-7H2,1-4H3,(H,17,20). The SMILES string of the molecule is CCC1C(=O)NC(C(C)C)C(=O)N1Cc1ncnn1CC. The van der Waals surface area contributed by atoms with Gasteiger partial charge in [-0.2, -0.15) is 5.10 Å². The van der Waals surface area contributed by atoms with Gasteiger partial charge in [-0.3, -0.25) is 9.59 Å². The molecule has 7 heteroatoms. The van der Waals surface area contributed by atoms with Crippen molar-refractivity contribution in [3.05, 3.63) is 12.2 Å². The molecule has 0 spiro atoms. The Morgan fingerprint density at radius 2 is 2.05 bits per heavy atom. The minimum absolute atomic E-state index is 0.0397. The number of rotatable bonds is 5. The number of nitrogens with one attached hydrogen (secondary N) is 1. The second kappa shape index (κ2) is 6.24. The number of aryl methyl sites for hydroxylation is 1. The molecule has 2 rings (SSSR count). The highest BCUT2D eigenvalue weighted by molar-refractivity contribution is 5.97. The Labute approximate surface area is 124 Å². The molecule has 0 saturated carbocycles. The van der Waals surface area contributed by atoms with E-state index in [1.807, 2.05) is 27.7 Å². The first kappa shape index (κ1) is 15.5. The van der Waals surface area contributed by atoms with Gasteiger partial charge in [0, 0.05) is 6.54 Å². The number of carbonyl (C=O) groups is 2. The van der Waals surface area contributed by atoms with Gasteiger partial charge in [0.1, 0.15) is 24.2 Å². The molecule has 2 atom stereocenters. The molecule has 1 aliphatic heterocycles. The van der Waals surface area contributed by atoms with E-state index in [2.05, 4.69) is 15.4 Å². The van der Waals surface area contributed by atoms with Crippen LogP contribution in [-0.2, 0) is 22.7 Å². The molecular formula is C14H23N5O2. The summed E-state index contributed by atoms with van der Waals surface area (Å²) >= 11 is 0. The van der Waals surface area contributed by atoms with Gasteiger partial charge in [0.15, 0.2) is 0 Å². The van der Waals surface area contributed by atoms with Crippen LogP contribution < -0.4 is 5.32 Å². The molecule has 21 heavy (non-hydrogen) atoms. The van der Waals surface area contributed by atoms with E-state index in [9.17, 15) is 9.59 Å². The molecule has 1 fully saturated rings. The first-order valence-electron chi connectivity index (χ1n) is 7.47. The van der Waals surface area contributed by atoms with Gasteiger partial charge in [0.2, 0.25) is 11.8 Å². The van der Waals surface area contributed by atoms with Crippen molar-refractivity contribution in [3.63, 3.8) is 0 Å². The Balaban J connectivity index is 2.27. The molecule has 1 aromatic rings. The lowest BCUT2D eigenvalue weighted by atomic mass is 9.97. The normalized spacial score (nSPS) is 22.8. The van der Waals surface area contributed by atoms with Crippen LogP contribution in [0.5, 0.6) is 0 Å². The predicted octanol–water partition coefficient (Wildman–Crippen LogP) is 0.560. The fraction of sp³-hybridized carbons (Fsp3) is 0.714. The van der Waals surface area contributed by atoms with Crippen molar-refractivity contribution in [1.82, 2.24) is 25.0 Å². The number of carbonyl (C=O) groups excluding carboxylic acids is 2. The number of aromatic nitrogens is 3. The third-order valence-electron chi connectivity index (χ3n) is 3.89. The van der Waals surface area contributed by atoms with Crippen LogP contribution in [0, 0.1) is 5.92 Å².